The van der Waals surface area contributed by atoms with Crippen molar-refractivity contribution in [2.75, 3.05) is 56.5 Å². The Morgan fingerprint density at radius 3 is 2.30 bits per heavy atom. The van der Waals surface area contributed by atoms with E-state index in [2.05, 4.69) is 20.9 Å². The van der Waals surface area contributed by atoms with E-state index in [9.17, 15) is 9.65 Å². The van der Waals surface area contributed by atoms with Crippen LogP contribution in [0.5, 0.6) is 11.5 Å². The van der Waals surface area contributed by atoms with E-state index < -0.39 is 0 Å². The standard InChI is InChI=1S/C24H24FN5O2S/c1-31-20-9-8-16(14-21(20)32-2)22-17(15-26)23(28-24(27-22)33-3)30-12-10-29(11-13-30)19-7-5-4-6-18(19)25/h4-9,14H,10-13H2,1-3H3. The van der Waals surface area contributed by atoms with Gasteiger partial charge >= 0.3 is 0 Å². The van der Waals surface area contributed by atoms with Gasteiger partial charge in [-0.25, -0.2) is 14.4 Å². The van der Waals surface area contributed by atoms with Gasteiger partial charge in [-0.2, -0.15) is 5.26 Å². The minimum absolute atomic E-state index is 0.230. The summed E-state index contributed by atoms with van der Waals surface area (Å²) in [6, 6.07) is 14.6. The topological polar surface area (TPSA) is 74.5 Å². The second-order valence-electron chi connectivity index (χ2n) is 7.36. The molecule has 4 rings (SSSR count). The number of thioether (sulfide) groups is 1. The summed E-state index contributed by atoms with van der Waals surface area (Å²) in [5, 5.41) is 10.6. The van der Waals surface area contributed by atoms with Crippen LogP contribution in [0.15, 0.2) is 47.6 Å². The number of anilines is 2. The largest absolute Gasteiger partial charge is 0.493 e. The fraction of sp³-hybridized carbons (Fsp3) is 0.292. The van der Waals surface area contributed by atoms with Crippen LogP contribution in [0.4, 0.5) is 15.9 Å². The molecule has 2 aromatic carbocycles. The van der Waals surface area contributed by atoms with Crippen LogP contribution in [0.25, 0.3) is 11.3 Å². The van der Waals surface area contributed by atoms with Crippen molar-refractivity contribution < 1.29 is 13.9 Å². The summed E-state index contributed by atoms with van der Waals surface area (Å²) >= 11 is 1.42. The molecule has 3 aromatic rings. The Bertz CT molecular complexity index is 1190. The summed E-state index contributed by atoms with van der Waals surface area (Å²) in [5.74, 6) is 1.52. The molecule has 0 N–H and O–H groups in total. The third-order valence-electron chi connectivity index (χ3n) is 5.59. The molecule has 0 radical (unpaired) electrons. The number of benzene rings is 2. The van der Waals surface area contributed by atoms with Gasteiger partial charge in [-0.05, 0) is 36.6 Å². The zero-order valence-electron chi connectivity index (χ0n) is 18.7. The second-order valence-corrected chi connectivity index (χ2v) is 8.14. The van der Waals surface area contributed by atoms with Gasteiger partial charge in [0, 0.05) is 31.7 Å². The quantitative estimate of drug-likeness (QED) is 0.396. The molecule has 0 saturated carbocycles. The van der Waals surface area contributed by atoms with E-state index in [0.29, 0.717) is 65.6 Å². The van der Waals surface area contributed by atoms with Gasteiger partial charge in [0.1, 0.15) is 17.4 Å². The normalized spacial score (nSPS) is 13.5. The molecule has 0 spiro atoms. The molecular formula is C24H24FN5O2S. The van der Waals surface area contributed by atoms with Crippen LogP contribution in [0.2, 0.25) is 0 Å². The van der Waals surface area contributed by atoms with E-state index in [-0.39, 0.29) is 5.82 Å². The maximum atomic E-state index is 14.2. The average Bonchev–Trinajstić information content (AvgIpc) is 2.87. The first-order chi connectivity index (χ1) is 16.1. The van der Waals surface area contributed by atoms with Crippen molar-refractivity contribution in [2.24, 2.45) is 0 Å². The fourth-order valence-electron chi connectivity index (χ4n) is 3.91. The molecular weight excluding hydrogens is 441 g/mol. The predicted octanol–water partition coefficient (Wildman–Crippen LogP) is 4.22. The molecule has 170 valence electrons. The zero-order valence-corrected chi connectivity index (χ0v) is 19.5. The number of piperazine rings is 1. The molecule has 0 aliphatic carbocycles. The summed E-state index contributed by atoms with van der Waals surface area (Å²) in [4.78, 5) is 13.4. The number of rotatable bonds is 6. The van der Waals surface area contributed by atoms with Gasteiger partial charge in [-0.3, -0.25) is 0 Å². The van der Waals surface area contributed by atoms with E-state index >= 15 is 0 Å². The van der Waals surface area contributed by atoms with E-state index in [4.69, 9.17) is 9.47 Å². The number of aromatic nitrogens is 2. The molecule has 0 atom stereocenters. The Kier molecular flexibility index (Phi) is 6.84. The Hall–Kier alpha value is -3.51. The number of methoxy groups -OCH3 is 2. The Balaban J connectivity index is 1.69. The van der Waals surface area contributed by atoms with Gasteiger partial charge in [0.2, 0.25) is 0 Å². The molecule has 0 amide bonds. The number of ether oxygens (including phenoxy) is 2. The van der Waals surface area contributed by atoms with Crippen LogP contribution in [0, 0.1) is 17.1 Å². The molecule has 0 unspecified atom stereocenters. The summed E-state index contributed by atoms with van der Waals surface area (Å²) in [6.45, 7) is 2.46. The molecule has 7 nitrogen and oxygen atoms in total. The number of hydrogen-bond donors (Lipinski definition) is 0. The molecule has 9 heteroatoms. The lowest BCUT2D eigenvalue weighted by atomic mass is 10.1. The molecule has 1 aliphatic heterocycles. The number of nitriles is 1. The van der Waals surface area contributed by atoms with Crippen molar-refractivity contribution in [3.05, 3.63) is 53.8 Å². The zero-order chi connectivity index (χ0) is 23.4. The first-order valence-corrected chi connectivity index (χ1v) is 11.6. The van der Waals surface area contributed by atoms with Crippen LogP contribution in [0.1, 0.15) is 5.56 Å². The van der Waals surface area contributed by atoms with Crippen molar-refractivity contribution in [2.45, 2.75) is 5.16 Å². The SMILES string of the molecule is COc1ccc(-c2nc(SC)nc(N3CCN(c4ccccc4F)CC3)c2C#N)cc1OC. The van der Waals surface area contributed by atoms with E-state index in [1.807, 2.05) is 29.4 Å². The lowest BCUT2D eigenvalue weighted by molar-refractivity contribution is 0.355. The summed E-state index contributed by atoms with van der Waals surface area (Å²) in [5.41, 5.74) is 2.29. The van der Waals surface area contributed by atoms with E-state index in [1.165, 1.54) is 17.8 Å². The number of para-hydroxylation sites is 1. The first-order valence-electron chi connectivity index (χ1n) is 10.4. The Morgan fingerprint density at radius 2 is 1.67 bits per heavy atom. The fourth-order valence-corrected chi connectivity index (χ4v) is 4.27. The van der Waals surface area contributed by atoms with E-state index in [0.717, 1.165) is 5.56 Å². The summed E-state index contributed by atoms with van der Waals surface area (Å²) in [7, 11) is 3.15. The number of halogens is 1. The molecule has 1 aromatic heterocycles. The van der Waals surface area contributed by atoms with Crippen molar-refractivity contribution in [1.29, 1.82) is 5.26 Å². The van der Waals surface area contributed by atoms with Crippen LogP contribution >= 0.6 is 11.8 Å². The first kappa shape index (κ1) is 22.7. The summed E-state index contributed by atoms with van der Waals surface area (Å²) in [6.07, 6.45) is 1.90. The highest BCUT2D eigenvalue weighted by Crippen LogP contribution is 2.36. The van der Waals surface area contributed by atoms with Gasteiger partial charge < -0.3 is 19.3 Å². The molecule has 33 heavy (non-hydrogen) atoms. The van der Waals surface area contributed by atoms with Gasteiger partial charge in [0.15, 0.2) is 22.5 Å². The molecule has 1 fully saturated rings. The van der Waals surface area contributed by atoms with Crippen LogP contribution in [0.3, 0.4) is 0 Å². The van der Waals surface area contributed by atoms with Crippen molar-refractivity contribution >= 4 is 23.3 Å². The lowest BCUT2D eigenvalue weighted by Crippen LogP contribution is -2.47. The van der Waals surface area contributed by atoms with Crippen molar-refractivity contribution in [3.8, 4) is 28.8 Å². The second kappa shape index (κ2) is 9.96. The minimum atomic E-state index is -0.230. The van der Waals surface area contributed by atoms with Crippen LogP contribution in [-0.4, -0.2) is 56.6 Å². The summed E-state index contributed by atoms with van der Waals surface area (Å²) < 4.78 is 25.0. The highest BCUT2D eigenvalue weighted by Gasteiger charge is 2.25. The van der Waals surface area contributed by atoms with E-state index in [1.54, 1.807) is 32.4 Å². The van der Waals surface area contributed by atoms with Crippen molar-refractivity contribution in [3.63, 3.8) is 0 Å². The smallest absolute Gasteiger partial charge is 0.189 e. The van der Waals surface area contributed by atoms with Gasteiger partial charge in [-0.15, -0.1) is 0 Å². The van der Waals surface area contributed by atoms with Gasteiger partial charge in [-0.1, -0.05) is 23.9 Å². The van der Waals surface area contributed by atoms with Gasteiger partial charge in [0.25, 0.3) is 0 Å². The van der Waals surface area contributed by atoms with Gasteiger partial charge in [0.05, 0.1) is 25.6 Å². The maximum Gasteiger partial charge on any atom is 0.189 e. The average molecular weight is 466 g/mol. The third-order valence-corrected chi connectivity index (χ3v) is 6.14. The van der Waals surface area contributed by atoms with Crippen LogP contribution < -0.4 is 19.3 Å². The maximum absolute atomic E-state index is 14.2. The predicted molar refractivity (Wildman–Crippen MR) is 128 cm³/mol. The lowest BCUT2D eigenvalue weighted by Gasteiger charge is -2.37. The number of nitrogens with zero attached hydrogens (tertiary/aromatic N) is 5. The molecule has 1 saturated heterocycles. The number of hydrogen-bond acceptors (Lipinski definition) is 8. The van der Waals surface area contributed by atoms with Crippen molar-refractivity contribution in [1.82, 2.24) is 9.97 Å². The molecule has 0 bridgehead atoms. The third kappa shape index (κ3) is 4.52. The highest BCUT2D eigenvalue weighted by molar-refractivity contribution is 7.98. The Labute approximate surface area is 196 Å². The molecule has 2 heterocycles. The molecule has 1 aliphatic rings. The van der Waals surface area contributed by atoms with Crippen LogP contribution in [-0.2, 0) is 0 Å². The minimum Gasteiger partial charge on any atom is -0.493 e. The monoisotopic (exact) mass is 465 g/mol. The highest BCUT2D eigenvalue weighted by atomic mass is 32.2. The Morgan fingerprint density at radius 1 is 0.970 bits per heavy atom.